The van der Waals surface area contributed by atoms with Crippen LogP contribution in [0.1, 0.15) is 103 Å². The first-order valence-corrected chi connectivity index (χ1v) is 17.7. The van der Waals surface area contributed by atoms with Crippen LogP contribution < -0.4 is 11.1 Å². The van der Waals surface area contributed by atoms with Crippen molar-refractivity contribution in [2.75, 3.05) is 33.4 Å². The highest BCUT2D eigenvalue weighted by molar-refractivity contribution is 6.27. The van der Waals surface area contributed by atoms with Crippen molar-refractivity contribution < 1.29 is 29.0 Å². The minimum atomic E-state index is -0.928. The molecule has 0 spiro atoms. The monoisotopic (exact) mass is 698 g/mol. The number of hydrogen-bond acceptors (Lipinski definition) is 8. The van der Waals surface area contributed by atoms with Gasteiger partial charge in [-0.1, -0.05) is 20.8 Å². The van der Waals surface area contributed by atoms with Crippen LogP contribution in [-0.2, 0) is 43.1 Å². The fourth-order valence-electron chi connectivity index (χ4n) is 7.35. The van der Waals surface area contributed by atoms with Gasteiger partial charge in [0.2, 0.25) is 0 Å². The first kappa shape index (κ1) is 37.4. The molecule has 5 heterocycles. The molecule has 51 heavy (non-hydrogen) atoms. The molecule has 8 bridgehead atoms. The quantitative estimate of drug-likeness (QED) is 0.113. The highest BCUT2D eigenvalue weighted by Gasteiger charge is 2.35. The van der Waals surface area contributed by atoms with Crippen molar-refractivity contribution >= 4 is 51.1 Å². The summed E-state index contributed by atoms with van der Waals surface area (Å²) < 4.78 is 10.7. The van der Waals surface area contributed by atoms with Crippen LogP contribution in [0.15, 0.2) is 18.2 Å². The van der Waals surface area contributed by atoms with Gasteiger partial charge in [-0.3, -0.25) is 19.4 Å². The van der Waals surface area contributed by atoms with Crippen LogP contribution >= 0.6 is 0 Å². The topological polar surface area (TPSA) is 185 Å². The van der Waals surface area contributed by atoms with Gasteiger partial charge in [0.15, 0.2) is 0 Å². The number of fused-ring (bicyclic) bond motifs is 8. The second-order valence-electron chi connectivity index (χ2n) is 13.2. The van der Waals surface area contributed by atoms with Crippen LogP contribution in [0.2, 0.25) is 0 Å². The van der Waals surface area contributed by atoms with E-state index in [0.29, 0.717) is 46.9 Å². The molecule has 3 aromatic heterocycles. The first-order valence-electron chi connectivity index (χ1n) is 17.7. The minimum Gasteiger partial charge on any atom is -0.481 e. The Hall–Kier alpha value is -4.81. The van der Waals surface area contributed by atoms with Gasteiger partial charge >= 0.3 is 11.9 Å². The number of nitrogens with two attached hydrogens (primary N) is 1. The number of aryl methyl sites for hydroxylation is 4. The molecule has 0 radical (unpaired) electrons. The summed E-state index contributed by atoms with van der Waals surface area (Å²) in [7, 11) is 1.31. The summed E-state index contributed by atoms with van der Waals surface area (Å²) >= 11 is 0. The highest BCUT2D eigenvalue weighted by Crippen LogP contribution is 2.43. The van der Waals surface area contributed by atoms with E-state index < -0.39 is 11.9 Å². The molecule has 1 amide bonds. The van der Waals surface area contributed by atoms with E-state index in [0.717, 1.165) is 57.3 Å². The van der Waals surface area contributed by atoms with Gasteiger partial charge in [0.05, 0.1) is 49.4 Å². The number of carbonyl (C=O) groups excluding carboxylic acids is 2. The molecule has 0 saturated carbocycles. The van der Waals surface area contributed by atoms with E-state index in [9.17, 15) is 19.5 Å². The lowest BCUT2D eigenvalue weighted by Crippen LogP contribution is -2.29. The zero-order valence-electron chi connectivity index (χ0n) is 30.7. The van der Waals surface area contributed by atoms with Crippen molar-refractivity contribution in [3.63, 3.8) is 0 Å². The number of hydrogen-bond donors (Lipinski definition) is 5. The number of methoxy groups -OCH3 is 1. The number of ether oxygens (including phenoxy) is 2. The van der Waals surface area contributed by atoms with Crippen molar-refractivity contribution in [2.24, 2.45) is 5.73 Å². The van der Waals surface area contributed by atoms with Crippen LogP contribution in [-0.4, -0.2) is 76.3 Å². The Balaban J connectivity index is 1.93. The van der Waals surface area contributed by atoms with Crippen LogP contribution in [0, 0.1) is 13.8 Å². The number of H-pyrrole nitrogens is 2. The van der Waals surface area contributed by atoms with Gasteiger partial charge in [0.25, 0.3) is 5.91 Å². The lowest BCUT2D eigenvalue weighted by molar-refractivity contribution is -0.140. The molecular weight excluding hydrogens is 648 g/mol. The summed E-state index contributed by atoms with van der Waals surface area (Å²) in [5.41, 5.74) is 17.5. The summed E-state index contributed by atoms with van der Waals surface area (Å²) in [6.45, 7) is 13.6. The number of esters is 1. The minimum absolute atomic E-state index is 0.0931. The summed E-state index contributed by atoms with van der Waals surface area (Å²) in [6, 6.07) is 6.14. The van der Waals surface area contributed by atoms with E-state index in [1.165, 1.54) is 12.7 Å². The SMILES string of the molecule is CCc1c(C)c2cc3[nH]c(cc4nc(c(CC(=O)OC)c5nc(cc1[nH]2)C(C)=C5C(=O)NCCOCCN)C(CCC(=O)O)C4C)c(C)c3CC. The molecule has 272 valence electrons. The van der Waals surface area contributed by atoms with Gasteiger partial charge in [-0.2, -0.15) is 0 Å². The number of carbonyl (C=O) groups is 3. The summed E-state index contributed by atoms with van der Waals surface area (Å²) in [5.74, 6) is -2.38. The molecule has 2 aliphatic rings. The standard InChI is InChI=1S/C39H50N6O6/c1-8-24-20(3)28-17-30-22(5)26(10-11-34(46)47)37(44-30)27(16-35(48)50-7)38-36(39(49)41-13-15-51-14-12-40)23(6)31(45-38)19-33-25(9-2)21(4)29(43-33)18-32(24)42-28/h17-19,22,26,42-43H,8-16,40H2,1-7H3,(H,41,49)(H,46,47). The largest absolute Gasteiger partial charge is 0.481 e. The predicted molar refractivity (Wildman–Crippen MR) is 198 cm³/mol. The molecule has 3 aromatic rings. The van der Waals surface area contributed by atoms with Gasteiger partial charge in [0, 0.05) is 64.7 Å². The Morgan fingerprint density at radius 1 is 0.922 bits per heavy atom. The van der Waals surface area contributed by atoms with Crippen molar-refractivity contribution in [1.29, 1.82) is 0 Å². The number of rotatable bonds is 13. The molecule has 2 unspecified atom stereocenters. The zero-order chi connectivity index (χ0) is 37.0. The van der Waals surface area contributed by atoms with Gasteiger partial charge in [-0.05, 0) is 86.1 Å². The number of allylic oxidation sites excluding steroid dienone is 1. The molecule has 2 atom stereocenters. The third-order valence-electron chi connectivity index (χ3n) is 10.2. The molecule has 0 fully saturated rings. The Kier molecular flexibility index (Phi) is 11.8. The van der Waals surface area contributed by atoms with Gasteiger partial charge in [-0.25, -0.2) is 4.98 Å². The predicted octanol–water partition coefficient (Wildman–Crippen LogP) is 5.55. The lowest BCUT2D eigenvalue weighted by Gasteiger charge is -2.18. The number of aromatic amines is 2. The second-order valence-corrected chi connectivity index (χ2v) is 13.2. The highest BCUT2D eigenvalue weighted by atomic mass is 16.5. The van der Waals surface area contributed by atoms with Gasteiger partial charge in [0.1, 0.15) is 0 Å². The third kappa shape index (κ3) is 7.62. The Morgan fingerprint density at radius 3 is 2.18 bits per heavy atom. The molecular formula is C39H50N6O6. The number of carboxylic acids is 1. The first-order chi connectivity index (χ1) is 24.4. The molecule has 5 rings (SSSR count). The van der Waals surface area contributed by atoms with E-state index in [-0.39, 0.29) is 50.2 Å². The van der Waals surface area contributed by atoms with Crippen LogP contribution in [0.5, 0.6) is 0 Å². The van der Waals surface area contributed by atoms with Gasteiger partial charge in [-0.15, -0.1) is 0 Å². The van der Waals surface area contributed by atoms with Crippen molar-refractivity contribution in [3.05, 3.63) is 68.8 Å². The van der Waals surface area contributed by atoms with Gasteiger partial charge < -0.3 is 35.6 Å². The molecule has 6 N–H and O–H groups in total. The Morgan fingerprint density at radius 2 is 1.57 bits per heavy atom. The second kappa shape index (κ2) is 16.0. The maximum absolute atomic E-state index is 14.1. The van der Waals surface area contributed by atoms with Crippen LogP contribution in [0.3, 0.4) is 0 Å². The van der Waals surface area contributed by atoms with Crippen molar-refractivity contribution in [2.45, 2.75) is 85.5 Å². The third-order valence-corrected chi connectivity index (χ3v) is 10.2. The molecule has 12 nitrogen and oxygen atoms in total. The van der Waals surface area contributed by atoms with E-state index in [4.69, 9.17) is 25.2 Å². The maximum atomic E-state index is 14.1. The lowest BCUT2D eigenvalue weighted by atomic mass is 9.84. The summed E-state index contributed by atoms with van der Waals surface area (Å²) in [6.07, 6.45) is 1.57. The number of nitrogens with zero attached hydrogens (tertiary/aromatic N) is 2. The number of aliphatic carboxylic acids is 1. The fraction of sp³-hybridized carbons (Fsp3) is 0.462. The molecule has 0 aliphatic carbocycles. The Bertz CT molecular complexity index is 2040. The Labute approximate surface area is 298 Å². The average molecular weight is 699 g/mol. The number of aromatic nitrogens is 4. The number of nitrogens with one attached hydrogen (secondary N) is 3. The average Bonchev–Trinajstić information content (AvgIpc) is 3.78. The van der Waals surface area contributed by atoms with Crippen molar-refractivity contribution in [1.82, 2.24) is 25.3 Å². The van der Waals surface area contributed by atoms with E-state index in [1.54, 1.807) is 0 Å². The van der Waals surface area contributed by atoms with E-state index in [1.807, 2.05) is 26.0 Å². The summed E-state index contributed by atoms with van der Waals surface area (Å²) in [5, 5.41) is 12.7. The fourth-order valence-corrected chi connectivity index (χ4v) is 7.35. The number of carboxylic acid groups (broad SMARTS) is 1. The van der Waals surface area contributed by atoms with Crippen molar-refractivity contribution in [3.8, 4) is 0 Å². The molecule has 0 saturated heterocycles. The van der Waals surface area contributed by atoms with E-state index in [2.05, 4.69) is 49.0 Å². The summed E-state index contributed by atoms with van der Waals surface area (Å²) in [4.78, 5) is 56.6. The molecule has 2 aliphatic heterocycles. The van der Waals surface area contributed by atoms with Crippen LogP contribution in [0.4, 0.5) is 0 Å². The molecule has 0 aromatic carbocycles. The maximum Gasteiger partial charge on any atom is 0.310 e. The van der Waals surface area contributed by atoms with Crippen LogP contribution in [0.25, 0.3) is 33.2 Å². The molecule has 12 heteroatoms. The normalized spacial score (nSPS) is 15.7. The number of amides is 1. The zero-order valence-corrected chi connectivity index (χ0v) is 30.7. The smallest absolute Gasteiger partial charge is 0.310 e. The van der Waals surface area contributed by atoms with E-state index >= 15 is 0 Å².